The standard InChI is InChI=1S/C24H28N2O/c1-3-26(4-2)18-23-12-8-6-10-20(23)15-16-25-24(27)22-14-13-19-9-5-7-11-21(19)17-22/h5-14,17H,3-4,15-16,18H2,1-2H3,(H,25,27). The molecule has 0 saturated heterocycles. The van der Waals surface area contributed by atoms with Gasteiger partial charge in [-0.25, -0.2) is 0 Å². The summed E-state index contributed by atoms with van der Waals surface area (Å²) in [7, 11) is 0. The number of nitrogens with one attached hydrogen (secondary N) is 1. The van der Waals surface area contributed by atoms with Crippen molar-refractivity contribution < 1.29 is 4.79 Å². The lowest BCUT2D eigenvalue weighted by Gasteiger charge is -2.20. The van der Waals surface area contributed by atoms with Gasteiger partial charge in [0, 0.05) is 18.7 Å². The van der Waals surface area contributed by atoms with E-state index in [1.807, 2.05) is 36.4 Å². The third-order valence-electron chi connectivity index (χ3n) is 5.10. The maximum atomic E-state index is 12.5. The van der Waals surface area contributed by atoms with E-state index in [9.17, 15) is 4.79 Å². The average molecular weight is 361 g/mol. The Morgan fingerprint density at radius 1 is 0.852 bits per heavy atom. The van der Waals surface area contributed by atoms with Crippen molar-refractivity contribution in [3.63, 3.8) is 0 Å². The first-order chi connectivity index (χ1) is 13.2. The summed E-state index contributed by atoms with van der Waals surface area (Å²) in [5.74, 6) is -0.0121. The predicted molar refractivity (Wildman–Crippen MR) is 113 cm³/mol. The molecule has 3 heteroatoms. The van der Waals surface area contributed by atoms with Gasteiger partial charge in [0.05, 0.1) is 0 Å². The van der Waals surface area contributed by atoms with Crippen LogP contribution in [0.15, 0.2) is 66.7 Å². The van der Waals surface area contributed by atoms with Crippen LogP contribution in [0.3, 0.4) is 0 Å². The third-order valence-corrected chi connectivity index (χ3v) is 5.10. The van der Waals surface area contributed by atoms with Gasteiger partial charge < -0.3 is 5.32 Å². The van der Waals surface area contributed by atoms with Crippen LogP contribution >= 0.6 is 0 Å². The summed E-state index contributed by atoms with van der Waals surface area (Å²) in [6.07, 6.45) is 0.844. The van der Waals surface area contributed by atoms with Gasteiger partial charge in [-0.1, -0.05) is 68.4 Å². The molecule has 0 atom stereocenters. The Bertz CT molecular complexity index is 900. The second-order valence-electron chi connectivity index (χ2n) is 6.80. The fourth-order valence-corrected chi connectivity index (χ4v) is 3.39. The molecule has 3 nitrogen and oxygen atoms in total. The lowest BCUT2D eigenvalue weighted by atomic mass is 10.0. The number of hydrogen-bond acceptors (Lipinski definition) is 2. The Labute approximate surface area is 162 Å². The molecule has 140 valence electrons. The highest BCUT2D eigenvalue weighted by Crippen LogP contribution is 2.16. The molecule has 0 aromatic heterocycles. The summed E-state index contributed by atoms with van der Waals surface area (Å²) in [4.78, 5) is 14.9. The molecule has 0 fully saturated rings. The predicted octanol–water partition coefficient (Wildman–Crippen LogP) is 4.65. The van der Waals surface area contributed by atoms with Crippen molar-refractivity contribution >= 4 is 16.7 Å². The molecule has 1 amide bonds. The average Bonchev–Trinajstić information content (AvgIpc) is 2.72. The third kappa shape index (κ3) is 4.95. The molecule has 3 aromatic rings. The molecule has 0 heterocycles. The van der Waals surface area contributed by atoms with E-state index < -0.39 is 0 Å². The van der Waals surface area contributed by atoms with Crippen molar-refractivity contribution in [2.45, 2.75) is 26.8 Å². The van der Waals surface area contributed by atoms with E-state index in [1.165, 1.54) is 11.1 Å². The van der Waals surface area contributed by atoms with E-state index in [0.717, 1.165) is 36.8 Å². The second kappa shape index (κ2) is 9.33. The molecule has 3 aromatic carbocycles. The summed E-state index contributed by atoms with van der Waals surface area (Å²) in [6, 6.07) is 22.5. The maximum Gasteiger partial charge on any atom is 0.251 e. The van der Waals surface area contributed by atoms with Gasteiger partial charge in [-0.05, 0) is 53.5 Å². The fraction of sp³-hybridized carbons (Fsp3) is 0.292. The van der Waals surface area contributed by atoms with Crippen LogP contribution in [0, 0.1) is 0 Å². The number of carbonyl (C=O) groups is 1. The number of amides is 1. The molecule has 0 aliphatic heterocycles. The van der Waals surface area contributed by atoms with Crippen LogP contribution in [0.4, 0.5) is 0 Å². The minimum Gasteiger partial charge on any atom is -0.352 e. The molecule has 0 spiro atoms. The normalized spacial score (nSPS) is 11.1. The molecule has 0 aliphatic rings. The Kier molecular flexibility index (Phi) is 6.61. The summed E-state index contributed by atoms with van der Waals surface area (Å²) >= 11 is 0. The van der Waals surface area contributed by atoms with Gasteiger partial charge in [-0.3, -0.25) is 9.69 Å². The molecule has 0 radical (unpaired) electrons. The number of benzene rings is 3. The Morgan fingerprint density at radius 2 is 1.52 bits per heavy atom. The van der Waals surface area contributed by atoms with Crippen LogP contribution in [0.25, 0.3) is 10.8 Å². The van der Waals surface area contributed by atoms with Crippen LogP contribution in [0.5, 0.6) is 0 Å². The first-order valence-electron chi connectivity index (χ1n) is 9.77. The van der Waals surface area contributed by atoms with Crippen molar-refractivity contribution in [2.24, 2.45) is 0 Å². The first kappa shape index (κ1) is 19.1. The summed E-state index contributed by atoms with van der Waals surface area (Å²) in [5, 5.41) is 5.31. The molecule has 0 unspecified atom stereocenters. The number of nitrogens with zero attached hydrogens (tertiary/aromatic N) is 1. The SMILES string of the molecule is CCN(CC)Cc1ccccc1CCNC(=O)c1ccc2ccccc2c1. The number of carbonyl (C=O) groups excluding carboxylic acids is 1. The molecule has 27 heavy (non-hydrogen) atoms. The van der Waals surface area contributed by atoms with Gasteiger partial charge in [-0.2, -0.15) is 0 Å². The number of rotatable bonds is 8. The van der Waals surface area contributed by atoms with Crippen LogP contribution in [-0.4, -0.2) is 30.4 Å². The zero-order valence-electron chi connectivity index (χ0n) is 16.2. The molecule has 3 rings (SSSR count). The molecule has 0 aliphatic carbocycles. The van der Waals surface area contributed by atoms with Crippen LogP contribution in [-0.2, 0) is 13.0 Å². The van der Waals surface area contributed by atoms with Gasteiger partial charge in [0.2, 0.25) is 0 Å². The first-order valence-corrected chi connectivity index (χ1v) is 9.77. The number of fused-ring (bicyclic) bond motifs is 1. The van der Waals surface area contributed by atoms with Crippen molar-refractivity contribution in [1.29, 1.82) is 0 Å². The van der Waals surface area contributed by atoms with Crippen LogP contribution in [0.1, 0.15) is 35.3 Å². The Morgan fingerprint density at radius 3 is 2.26 bits per heavy atom. The van der Waals surface area contributed by atoms with Crippen molar-refractivity contribution in [3.05, 3.63) is 83.4 Å². The van der Waals surface area contributed by atoms with Gasteiger partial charge in [0.1, 0.15) is 0 Å². The monoisotopic (exact) mass is 360 g/mol. The summed E-state index contributed by atoms with van der Waals surface area (Å²) in [6.45, 7) is 8.07. The quantitative estimate of drug-likeness (QED) is 0.634. The molecule has 0 bridgehead atoms. The van der Waals surface area contributed by atoms with Gasteiger partial charge >= 0.3 is 0 Å². The van der Waals surface area contributed by atoms with E-state index in [0.29, 0.717) is 12.1 Å². The van der Waals surface area contributed by atoms with Crippen molar-refractivity contribution in [3.8, 4) is 0 Å². The van der Waals surface area contributed by atoms with Crippen LogP contribution < -0.4 is 5.32 Å². The highest BCUT2D eigenvalue weighted by molar-refractivity contribution is 5.98. The minimum atomic E-state index is -0.0121. The smallest absolute Gasteiger partial charge is 0.251 e. The van der Waals surface area contributed by atoms with E-state index in [1.54, 1.807) is 0 Å². The van der Waals surface area contributed by atoms with Crippen molar-refractivity contribution in [1.82, 2.24) is 10.2 Å². The molecular formula is C24H28N2O. The van der Waals surface area contributed by atoms with Crippen molar-refractivity contribution in [2.75, 3.05) is 19.6 Å². The zero-order chi connectivity index (χ0) is 19.1. The highest BCUT2D eigenvalue weighted by Gasteiger charge is 2.08. The topological polar surface area (TPSA) is 32.3 Å². The maximum absolute atomic E-state index is 12.5. The van der Waals surface area contributed by atoms with Gasteiger partial charge in [-0.15, -0.1) is 0 Å². The lowest BCUT2D eigenvalue weighted by Crippen LogP contribution is -2.26. The van der Waals surface area contributed by atoms with Gasteiger partial charge in [0.15, 0.2) is 0 Å². The number of hydrogen-bond donors (Lipinski definition) is 1. The van der Waals surface area contributed by atoms with E-state index in [4.69, 9.17) is 0 Å². The lowest BCUT2D eigenvalue weighted by molar-refractivity contribution is 0.0954. The van der Waals surface area contributed by atoms with E-state index >= 15 is 0 Å². The zero-order valence-corrected chi connectivity index (χ0v) is 16.2. The van der Waals surface area contributed by atoms with E-state index in [2.05, 4.69) is 54.4 Å². The molecule has 1 N–H and O–H groups in total. The Hall–Kier alpha value is -2.65. The summed E-state index contributed by atoms with van der Waals surface area (Å²) in [5.41, 5.74) is 3.37. The largest absolute Gasteiger partial charge is 0.352 e. The second-order valence-corrected chi connectivity index (χ2v) is 6.80. The minimum absolute atomic E-state index is 0.0121. The highest BCUT2D eigenvalue weighted by atomic mass is 16.1. The molecular weight excluding hydrogens is 332 g/mol. The van der Waals surface area contributed by atoms with Gasteiger partial charge in [0.25, 0.3) is 5.91 Å². The van der Waals surface area contributed by atoms with Crippen LogP contribution in [0.2, 0.25) is 0 Å². The summed E-state index contributed by atoms with van der Waals surface area (Å²) < 4.78 is 0. The Balaban J connectivity index is 1.61. The molecule has 0 saturated carbocycles. The van der Waals surface area contributed by atoms with E-state index in [-0.39, 0.29) is 5.91 Å². The fourth-order valence-electron chi connectivity index (χ4n) is 3.39.